The molecular formula is C13H11NO2. The molecule has 0 amide bonds. The average molecular weight is 213 g/mol. The van der Waals surface area contributed by atoms with E-state index in [9.17, 15) is 9.59 Å². The molecule has 1 aromatic heterocycles. The van der Waals surface area contributed by atoms with Gasteiger partial charge in [-0.3, -0.25) is 9.59 Å². The van der Waals surface area contributed by atoms with Crippen LogP contribution in [0.2, 0.25) is 0 Å². The quantitative estimate of drug-likeness (QED) is 0.576. The first kappa shape index (κ1) is 10.4. The maximum atomic E-state index is 11.8. The van der Waals surface area contributed by atoms with Crippen LogP contribution >= 0.6 is 0 Å². The van der Waals surface area contributed by atoms with Crippen LogP contribution in [0.15, 0.2) is 48.7 Å². The molecule has 2 aromatic rings. The monoisotopic (exact) mass is 213 g/mol. The summed E-state index contributed by atoms with van der Waals surface area (Å²) in [5, 5.41) is 0. The molecule has 80 valence electrons. The highest BCUT2D eigenvalue weighted by molar-refractivity contribution is 5.96. The molecule has 1 heterocycles. The number of rotatable bonds is 4. The van der Waals surface area contributed by atoms with Crippen LogP contribution in [0, 0.1) is 0 Å². The lowest BCUT2D eigenvalue weighted by Crippen LogP contribution is -2.11. The number of carbonyl (C=O) groups is 2. The van der Waals surface area contributed by atoms with Gasteiger partial charge in [-0.05, 0) is 12.1 Å². The average Bonchev–Trinajstić information content (AvgIpc) is 2.77. The van der Waals surface area contributed by atoms with E-state index in [2.05, 4.69) is 0 Å². The first-order valence-corrected chi connectivity index (χ1v) is 5.00. The fraction of sp³-hybridized carbons (Fsp3) is 0.0769. The SMILES string of the molecule is O=Cc1cccn1CC(=O)c1ccccc1. The Labute approximate surface area is 93.3 Å². The molecular weight excluding hydrogens is 202 g/mol. The van der Waals surface area contributed by atoms with Crippen LogP contribution in [0.4, 0.5) is 0 Å². The first-order chi connectivity index (χ1) is 7.81. The van der Waals surface area contributed by atoms with Crippen LogP contribution in [-0.2, 0) is 6.54 Å². The number of hydrogen-bond acceptors (Lipinski definition) is 2. The summed E-state index contributed by atoms with van der Waals surface area (Å²) in [4.78, 5) is 22.5. The zero-order chi connectivity index (χ0) is 11.4. The highest BCUT2D eigenvalue weighted by atomic mass is 16.1. The first-order valence-electron chi connectivity index (χ1n) is 5.00. The van der Waals surface area contributed by atoms with Crippen molar-refractivity contribution < 1.29 is 9.59 Å². The van der Waals surface area contributed by atoms with Crippen LogP contribution in [0.25, 0.3) is 0 Å². The van der Waals surface area contributed by atoms with E-state index < -0.39 is 0 Å². The molecule has 0 bridgehead atoms. The maximum absolute atomic E-state index is 11.8. The van der Waals surface area contributed by atoms with Gasteiger partial charge in [0.15, 0.2) is 12.1 Å². The summed E-state index contributed by atoms with van der Waals surface area (Å²) in [5.41, 5.74) is 1.18. The molecule has 0 atom stereocenters. The standard InChI is InChI=1S/C13H11NO2/c15-10-12-7-4-8-14(12)9-13(16)11-5-2-1-3-6-11/h1-8,10H,9H2. The van der Waals surface area contributed by atoms with Crippen molar-refractivity contribution in [3.8, 4) is 0 Å². The van der Waals surface area contributed by atoms with Crippen molar-refractivity contribution in [1.82, 2.24) is 4.57 Å². The van der Waals surface area contributed by atoms with Gasteiger partial charge in [-0.1, -0.05) is 30.3 Å². The van der Waals surface area contributed by atoms with Crippen LogP contribution < -0.4 is 0 Å². The molecule has 3 heteroatoms. The Kier molecular flexibility index (Phi) is 2.96. The Morgan fingerprint density at radius 1 is 1.12 bits per heavy atom. The molecule has 0 aliphatic heterocycles. The van der Waals surface area contributed by atoms with E-state index >= 15 is 0 Å². The predicted octanol–water partition coefficient (Wildman–Crippen LogP) is 2.18. The summed E-state index contributed by atoms with van der Waals surface area (Å²) in [7, 11) is 0. The highest BCUT2D eigenvalue weighted by Gasteiger charge is 2.07. The van der Waals surface area contributed by atoms with Crippen LogP contribution in [0.5, 0.6) is 0 Å². The normalized spacial score (nSPS) is 10.0. The lowest BCUT2D eigenvalue weighted by molar-refractivity contribution is 0.0971. The van der Waals surface area contributed by atoms with Gasteiger partial charge in [0.1, 0.15) is 0 Å². The molecule has 16 heavy (non-hydrogen) atoms. The van der Waals surface area contributed by atoms with Crippen molar-refractivity contribution in [2.24, 2.45) is 0 Å². The molecule has 0 unspecified atom stereocenters. The van der Waals surface area contributed by atoms with E-state index in [1.807, 2.05) is 18.2 Å². The van der Waals surface area contributed by atoms with E-state index in [1.165, 1.54) is 0 Å². The zero-order valence-corrected chi connectivity index (χ0v) is 8.67. The topological polar surface area (TPSA) is 39.1 Å². The molecule has 0 aliphatic rings. The zero-order valence-electron chi connectivity index (χ0n) is 8.67. The minimum absolute atomic E-state index is 0.0000926. The Balaban J connectivity index is 2.17. The number of aldehydes is 1. The van der Waals surface area contributed by atoms with Crippen molar-refractivity contribution in [3.63, 3.8) is 0 Å². The summed E-state index contributed by atoms with van der Waals surface area (Å²) in [6, 6.07) is 12.5. The minimum Gasteiger partial charge on any atom is -0.338 e. The summed E-state index contributed by atoms with van der Waals surface area (Å²) in [5.74, 6) is -0.0000926. The third-order valence-corrected chi connectivity index (χ3v) is 2.40. The molecule has 0 radical (unpaired) electrons. The van der Waals surface area contributed by atoms with Gasteiger partial charge < -0.3 is 4.57 Å². The maximum Gasteiger partial charge on any atom is 0.182 e. The number of carbonyl (C=O) groups excluding carboxylic acids is 2. The smallest absolute Gasteiger partial charge is 0.182 e. The molecule has 2 rings (SSSR count). The highest BCUT2D eigenvalue weighted by Crippen LogP contribution is 2.05. The largest absolute Gasteiger partial charge is 0.338 e. The molecule has 3 nitrogen and oxygen atoms in total. The van der Waals surface area contributed by atoms with E-state index in [1.54, 1.807) is 35.0 Å². The Morgan fingerprint density at radius 2 is 1.88 bits per heavy atom. The number of ketones is 1. The second kappa shape index (κ2) is 4.57. The van der Waals surface area contributed by atoms with Gasteiger partial charge in [0.2, 0.25) is 0 Å². The number of Topliss-reactive ketones (excluding diaryl/α,β-unsaturated/α-hetero) is 1. The summed E-state index contributed by atoms with van der Waals surface area (Å²) in [6.45, 7) is 0.199. The van der Waals surface area contributed by atoms with Gasteiger partial charge in [0, 0.05) is 11.8 Å². The van der Waals surface area contributed by atoms with Gasteiger partial charge in [0.05, 0.1) is 12.2 Å². The Bertz CT molecular complexity index is 500. The predicted molar refractivity (Wildman–Crippen MR) is 60.6 cm³/mol. The fourth-order valence-electron chi connectivity index (χ4n) is 1.55. The molecule has 0 N–H and O–H groups in total. The molecule has 1 aromatic carbocycles. The summed E-state index contributed by atoms with van der Waals surface area (Å²) >= 11 is 0. The number of hydrogen-bond donors (Lipinski definition) is 0. The molecule has 0 saturated heterocycles. The van der Waals surface area contributed by atoms with Gasteiger partial charge in [-0.15, -0.1) is 0 Å². The molecule has 0 aliphatic carbocycles. The number of aromatic nitrogens is 1. The lowest BCUT2D eigenvalue weighted by atomic mass is 10.1. The van der Waals surface area contributed by atoms with E-state index in [4.69, 9.17) is 0 Å². The van der Waals surface area contributed by atoms with Crippen molar-refractivity contribution in [2.45, 2.75) is 6.54 Å². The number of benzene rings is 1. The molecule has 0 fully saturated rings. The van der Waals surface area contributed by atoms with Crippen LogP contribution in [0.1, 0.15) is 20.8 Å². The van der Waals surface area contributed by atoms with E-state index in [0.29, 0.717) is 11.3 Å². The fourth-order valence-corrected chi connectivity index (χ4v) is 1.55. The second-order valence-corrected chi connectivity index (χ2v) is 3.47. The van der Waals surface area contributed by atoms with Gasteiger partial charge in [-0.2, -0.15) is 0 Å². The van der Waals surface area contributed by atoms with Crippen LogP contribution in [0.3, 0.4) is 0 Å². The van der Waals surface area contributed by atoms with Crippen molar-refractivity contribution in [2.75, 3.05) is 0 Å². The minimum atomic E-state index is -0.0000926. The second-order valence-electron chi connectivity index (χ2n) is 3.47. The third kappa shape index (κ3) is 2.08. The van der Waals surface area contributed by atoms with Crippen LogP contribution in [-0.4, -0.2) is 16.6 Å². The van der Waals surface area contributed by atoms with Gasteiger partial charge in [0.25, 0.3) is 0 Å². The summed E-state index contributed by atoms with van der Waals surface area (Å²) in [6.07, 6.45) is 2.48. The Morgan fingerprint density at radius 3 is 2.56 bits per heavy atom. The van der Waals surface area contributed by atoms with Crippen molar-refractivity contribution >= 4 is 12.1 Å². The van der Waals surface area contributed by atoms with Crippen molar-refractivity contribution in [3.05, 3.63) is 59.9 Å². The van der Waals surface area contributed by atoms with E-state index in [-0.39, 0.29) is 12.3 Å². The third-order valence-electron chi connectivity index (χ3n) is 2.40. The summed E-state index contributed by atoms with van der Waals surface area (Å²) < 4.78 is 1.64. The molecule has 0 spiro atoms. The van der Waals surface area contributed by atoms with E-state index in [0.717, 1.165) is 6.29 Å². The van der Waals surface area contributed by atoms with Crippen molar-refractivity contribution in [1.29, 1.82) is 0 Å². The van der Waals surface area contributed by atoms with Gasteiger partial charge >= 0.3 is 0 Å². The lowest BCUT2D eigenvalue weighted by Gasteiger charge is -2.04. The number of nitrogens with zero attached hydrogens (tertiary/aromatic N) is 1. The molecule has 0 saturated carbocycles. The van der Waals surface area contributed by atoms with Gasteiger partial charge in [-0.25, -0.2) is 0 Å². The Hall–Kier alpha value is -2.16.